The molecule has 6 heteroatoms. The van der Waals surface area contributed by atoms with Gasteiger partial charge in [-0.1, -0.05) is 37.5 Å². The maximum absolute atomic E-state index is 13.2. The van der Waals surface area contributed by atoms with E-state index in [2.05, 4.69) is 11.4 Å². The number of hydrogen-bond acceptors (Lipinski definition) is 5. The first-order valence-corrected chi connectivity index (χ1v) is 10.9. The van der Waals surface area contributed by atoms with Gasteiger partial charge in [0.2, 0.25) is 0 Å². The van der Waals surface area contributed by atoms with E-state index in [9.17, 15) is 14.9 Å². The molecule has 2 aromatic rings. The number of pyridine rings is 1. The lowest BCUT2D eigenvalue weighted by atomic mass is 9.82. The predicted octanol–water partition coefficient (Wildman–Crippen LogP) is 4.00. The van der Waals surface area contributed by atoms with Crippen LogP contribution in [0, 0.1) is 11.3 Å². The number of amides is 1. The largest absolute Gasteiger partial charge is 0.449 e. The van der Waals surface area contributed by atoms with Crippen LogP contribution in [0.4, 0.5) is 0 Å². The lowest BCUT2D eigenvalue weighted by Crippen LogP contribution is -2.52. The average molecular weight is 405 g/mol. The predicted molar refractivity (Wildman–Crippen MR) is 113 cm³/mol. The lowest BCUT2D eigenvalue weighted by molar-refractivity contribution is -0.130. The molecule has 1 aromatic carbocycles. The van der Waals surface area contributed by atoms with E-state index in [1.165, 1.54) is 0 Å². The molecule has 156 valence electrons. The van der Waals surface area contributed by atoms with Crippen LogP contribution in [0.2, 0.25) is 0 Å². The van der Waals surface area contributed by atoms with Crippen LogP contribution in [0.5, 0.6) is 0 Å². The van der Waals surface area contributed by atoms with Crippen LogP contribution >= 0.6 is 0 Å². The first kappa shape index (κ1) is 20.3. The van der Waals surface area contributed by atoms with E-state index in [1.807, 2.05) is 24.3 Å². The summed E-state index contributed by atoms with van der Waals surface area (Å²) in [7, 11) is 0. The number of aryl methyl sites for hydroxylation is 1. The molecule has 1 amide bonds. The van der Waals surface area contributed by atoms with Gasteiger partial charge < -0.3 is 10.1 Å². The number of carbonyl (C=O) groups is 2. The van der Waals surface area contributed by atoms with Crippen LogP contribution in [-0.2, 0) is 22.4 Å². The molecule has 0 unspecified atom stereocenters. The number of ether oxygens (including phenoxy) is 1. The van der Waals surface area contributed by atoms with Crippen molar-refractivity contribution in [2.24, 2.45) is 0 Å². The lowest BCUT2D eigenvalue weighted by Gasteiger charge is -2.32. The van der Waals surface area contributed by atoms with Crippen molar-refractivity contribution in [3.05, 3.63) is 41.1 Å². The molecule has 1 aromatic heterocycles. The van der Waals surface area contributed by atoms with Crippen LogP contribution < -0.4 is 5.32 Å². The molecule has 1 heterocycles. The molecule has 2 aliphatic rings. The highest BCUT2D eigenvalue weighted by Gasteiger charge is 2.36. The van der Waals surface area contributed by atoms with Gasteiger partial charge in [-0.15, -0.1) is 0 Å². The molecule has 0 saturated heterocycles. The molecule has 0 spiro atoms. The Morgan fingerprint density at radius 2 is 1.87 bits per heavy atom. The number of nitrogens with zero attached hydrogens (tertiary/aromatic N) is 2. The van der Waals surface area contributed by atoms with Crippen LogP contribution in [-0.4, -0.2) is 28.5 Å². The first-order valence-electron chi connectivity index (χ1n) is 10.9. The summed E-state index contributed by atoms with van der Waals surface area (Å²) < 4.78 is 5.62. The summed E-state index contributed by atoms with van der Waals surface area (Å²) in [6, 6.07) is 9.84. The van der Waals surface area contributed by atoms with Gasteiger partial charge in [-0.05, 0) is 57.1 Å². The van der Waals surface area contributed by atoms with Crippen molar-refractivity contribution in [2.75, 3.05) is 0 Å². The number of rotatable bonds is 4. The molecule has 0 aliphatic heterocycles. The van der Waals surface area contributed by atoms with E-state index in [1.54, 1.807) is 6.92 Å². The number of aromatic nitrogens is 1. The third-order valence-electron chi connectivity index (χ3n) is 6.31. The number of carbonyl (C=O) groups excluding carboxylic acids is 2. The van der Waals surface area contributed by atoms with Gasteiger partial charge in [0, 0.05) is 11.1 Å². The van der Waals surface area contributed by atoms with Gasteiger partial charge in [0.05, 0.1) is 17.1 Å². The Balaban J connectivity index is 1.57. The van der Waals surface area contributed by atoms with Crippen molar-refractivity contribution in [1.29, 1.82) is 5.26 Å². The summed E-state index contributed by atoms with van der Waals surface area (Å²) in [6.45, 7) is 1.57. The fourth-order valence-electron chi connectivity index (χ4n) is 4.64. The van der Waals surface area contributed by atoms with E-state index < -0.39 is 23.5 Å². The molecule has 1 N–H and O–H groups in total. The second-order valence-corrected chi connectivity index (χ2v) is 8.43. The zero-order valence-corrected chi connectivity index (χ0v) is 17.4. The van der Waals surface area contributed by atoms with Crippen molar-refractivity contribution >= 4 is 22.8 Å². The van der Waals surface area contributed by atoms with Gasteiger partial charge in [-0.2, -0.15) is 5.26 Å². The molecule has 1 saturated carbocycles. The summed E-state index contributed by atoms with van der Waals surface area (Å²) in [5.41, 5.74) is 2.35. The quantitative estimate of drug-likeness (QED) is 0.776. The number of nitriles is 1. The number of esters is 1. The molecule has 1 atom stereocenters. The molecule has 0 radical (unpaired) electrons. The third-order valence-corrected chi connectivity index (χ3v) is 6.31. The third kappa shape index (κ3) is 3.89. The van der Waals surface area contributed by atoms with Crippen LogP contribution in [0.25, 0.3) is 10.9 Å². The minimum absolute atomic E-state index is 0.418. The standard InChI is InChI=1S/C24H27N3O3/c1-16(22(28)27-24(15-25)13-7-2-8-14-24)30-23(29)21-17-9-3-5-11-19(17)26-20-12-6-4-10-18(20)21/h3,5,9,11,16H,2,4,6-8,10,12-14H2,1H3,(H,27,28)/t16-/m0/s1. The van der Waals surface area contributed by atoms with Crippen molar-refractivity contribution in [3.63, 3.8) is 0 Å². The maximum atomic E-state index is 13.2. The Labute approximate surface area is 176 Å². The molecule has 6 nitrogen and oxygen atoms in total. The fourth-order valence-corrected chi connectivity index (χ4v) is 4.64. The Morgan fingerprint density at radius 1 is 1.13 bits per heavy atom. The summed E-state index contributed by atoms with van der Waals surface area (Å²) in [6.07, 6.45) is 6.90. The summed E-state index contributed by atoms with van der Waals surface area (Å²) >= 11 is 0. The monoisotopic (exact) mass is 405 g/mol. The van der Waals surface area contributed by atoms with Gasteiger partial charge in [-0.25, -0.2) is 4.79 Å². The highest BCUT2D eigenvalue weighted by atomic mass is 16.5. The second kappa shape index (κ2) is 8.43. The molecule has 2 aliphatic carbocycles. The normalized spacial score (nSPS) is 18.7. The van der Waals surface area contributed by atoms with E-state index in [0.29, 0.717) is 18.4 Å². The van der Waals surface area contributed by atoms with Crippen molar-refractivity contribution in [2.45, 2.75) is 76.4 Å². The van der Waals surface area contributed by atoms with Gasteiger partial charge in [-0.3, -0.25) is 9.78 Å². The Morgan fingerprint density at radius 3 is 2.63 bits per heavy atom. The van der Waals surface area contributed by atoms with Gasteiger partial charge >= 0.3 is 5.97 Å². The van der Waals surface area contributed by atoms with Gasteiger partial charge in [0.25, 0.3) is 5.91 Å². The van der Waals surface area contributed by atoms with Crippen LogP contribution in [0.15, 0.2) is 24.3 Å². The molecular formula is C24H27N3O3. The molecular weight excluding hydrogens is 378 g/mol. The SMILES string of the molecule is C[C@H](OC(=O)c1c2c(nc3ccccc13)CCCC2)C(=O)NC1(C#N)CCCCC1. The fraction of sp³-hybridized carbons (Fsp3) is 0.500. The summed E-state index contributed by atoms with van der Waals surface area (Å²) in [4.78, 5) is 30.7. The summed E-state index contributed by atoms with van der Waals surface area (Å²) in [5, 5.41) is 13.2. The van der Waals surface area contributed by atoms with Gasteiger partial charge in [0.1, 0.15) is 5.54 Å². The number of fused-ring (bicyclic) bond motifs is 2. The Kier molecular flexibility index (Phi) is 5.72. The molecule has 1 fully saturated rings. The van der Waals surface area contributed by atoms with E-state index in [4.69, 9.17) is 9.72 Å². The van der Waals surface area contributed by atoms with Crippen molar-refractivity contribution in [1.82, 2.24) is 10.3 Å². The Bertz CT molecular complexity index is 1020. The number of para-hydroxylation sites is 1. The average Bonchev–Trinajstić information content (AvgIpc) is 2.77. The zero-order valence-electron chi connectivity index (χ0n) is 17.4. The van der Waals surface area contributed by atoms with E-state index >= 15 is 0 Å². The van der Waals surface area contributed by atoms with Gasteiger partial charge in [0.15, 0.2) is 6.10 Å². The van der Waals surface area contributed by atoms with Crippen LogP contribution in [0.1, 0.15) is 73.5 Å². The highest BCUT2D eigenvalue weighted by molar-refractivity contribution is 6.05. The minimum Gasteiger partial charge on any atom is -0.449 e. The second-order valence-electron chi connectivity index (χ2n) is 8.43. The van der Waals surface area contributed by atoms with E-state index in [0.717, 1.165) is 67.1 Å². The van der Waals surface area contributed by atoms with E-state index in [-0.39, 0.29) is 0 Å². The van der Waals surface area contributed by atoms with Crippen molar-refractivity contribution < 1.29 is 14.3 Å². The smallest absolute Gasteiger partial charge is 0.339 e. The number of benzene rings is 1. The maximum Gasteiger partial charge on any atom is 0.339 e. The molecule has 0 bridgehead atoms. The number of nitrogens with one attached hydrogen (secondary N) is 1. The topological polar surface area (TPSA) is 92.1 Å². The molecule has 30 heavy (non-hydrogen) atoms. The zero-order chi connectivity index (χ0) is 21.1. The minimum atomic E-state index is -0.976. The first-order chi connectivity index (χ1) is 14.5. The summed E-state index contributed by atoms with van der Waals surface area (Å²) in [5.74, 6) is -0.914. The number of hydrogen-bond donors (Lipinski definition) is 1. The van der Waals surface area contributed by atoms with Crippen LogP contribution in [0.3, 0.4) is 0 Å². The molecule has 4 rings (SSSR count). The Hall–Kier alpha value is -2.94. The van der Waals surface area contributed by atoms with Crippen molar-refractivity contribution in [3.8, 4) is 6.07 Å². The highest BCUT2D eigenvalue weighted by Crippen LogP contribution is 2.30.